The van der Waals surface area contributed by atoms with Crippen molar-refractivity contribution in [3.05, 3.63) is 0 Å². The van der Waals surface area contributed by atoms with Gasteiger partial charge in [0.05, 0.1) is 6.34 Å². The van der Waals surface area contributed by atoms with Crippen molar-refractivity contribution in [1.29, 1.82) is 0 Å². The van der Waals surface area contributed by atoms with E-state index in [0.717, 1.165) is 12.2 Å². The number of hydrogen-bond acceptors (Lipinski definition) is 4. The summed E-state index contributed by atoms with van der Waals surface area (Å²) in [6.45, 7) is 2.72. The Morgan fingerprint density at radius 2 is 2.50 bits per heavy atom. The van der Waals surface area contributed by atoms with Gasteiger partial charge in [-0.25, -0.2) is 4.40 Å². The fraction of sp³-hybridized carbons (Fsp3) is 0.750. The standard InChI is InChI=1S/C8H17N3O2S/c1-2-14-11-6-10-5-3-4-7(9)8(12)13/h6-7H,2-5,9H2,1H3,(H,10,11)(H,12,13)/t7-/m0/s1. The van der Waals surface area contributed by atoms with E-state index < -0.39 is 12.0 Å². The summed E-state index contributed by atoms with van der Waals surface area (Å²) < 4.78 is 3.97. The van der Waals surface area contributed by atoms with Gasteiger partial charge < -0.3 is 16.2 Å². The molecule has 0 saturated heterocycles. The Kier molecular flexibility index (Phi) is 8.36. The average molecular weight is 219 g/mol. The Labute approximate surface area is 88.3 Å². The molecule has 0 unspecified atom stereocenters. The van der Waals surface area contributed by atoms with Gasteiger partial charge in [-0.05, 0) is 24.8 Å². The molecule has 0 aromatic carbocycles. The van der Waals surface area contributed by atoms with E-state index in [1.807, 2.05) is 6.92 Å². The van der Waals surface area contributed by atoms with Crippen molar-refractivity contribution in [3.63, 3.8) is 0 Å². The molecular weight excluding hydrogens is 202 g/mol. The highest BCUT2D eigenvalue weighted by Gasteiger charge is 2.09. The molecule has 6 heteroatoms. The molecule has 1 atom stereocenters. The van der Waals surface area contributed by atoms with Crippen LogP contribution in [0.1, 0.15) is 19.8 Å². The number of nitrogens with two attached hydrogens (primary N) is 1. The fourth-order valence-corrected chi connectivity index (χ4v) is 1.06. The van der Waals surface area contributed by atoms with E-state index >= 15 is 0 Å². The minimum absolute atomic E-state index is 0.483. The van der Waals surface area contributed by atoms with E-state index in [-0.39, 0.29) is 0 Å². The van der Waals surface area contributed by atoms with E-state index in [2.05, 4.69) is 9.71 Å². The van der Waals surface area contributed by atoms with Crippen LogP contribution in [0.2, 0.25) is 0 Å². The van der Waals surface area contributed by atoms with Gasteiger partial charge in [-0.3, -0.25) is 4.79 Å². The Morgan fingerprint density at radius 3 is 3.07 bits per heavy atom. The maximum absolute atomic E-state index is 10.3. The first kappa shape index (κ1) is 13.2. The lowest BCUT2D eigenvalue weighted by molar-refractivity contribution is -0.138. The van der Waals surface area contributed by atoms with Gasteiger partial charge in [-0.2, -0.15) is 0 Å². The molecule has 0 aliphatic heterocycles. The maximum Gasteiger partial charge on any atom is 0.320 e. The lowest BCUT2D eigenvalue weighted by atomic mass is 10.2. The number of nitrogens with one attached hydrogen (secondary N) is 1. The van der Waals surface area contributed by atoms with Gasteiger partial charge >= 0.3 is 5.97 Å². The smallest absolute Gasteiger partial charge is 0.320 e. The predicted octanol–water partition coefficient (Wildman–Crippen LogP) is 0.464. The van der Waals surface area contributed by atoms with Gasteiger partial charge in [-0.15, -0.1) is 0 Å². The summed E-state index contributed by atoms with van der Waals surface area (Å²) in [6.07, 6.45) is 2.84. The molecule has 0 radical (unpaired) electrons. The molecule has 4 N–H and O–H groups in total. The number of carboxylic acids is 1. The summed E-state index contributed by atoms with van der Waals surface area (Å²) in [5.74, 6) is 0.00224. The topological polar surface area (TPSA) is 87.7 Å². The highest BCUT2D eigenvalue weighted by molar-refractivity contribution is 7.98. The number of nitrogens with zero attached hydrogens (tertiary/aromatic N) is 1. The highest BCUT2D eigenvalue weighted by atomic mass is 32.2. The van der Waals surface area contributed by atoms with E-state index in [1.165, 1.54) is 11.9 Å². The van der Waals surface area contributed by atoms with Gasteiger partial charge in [0, 0.05) is 12.3 Å². The minimum atomic E-state index is -0.944. The molecule has 0 rings (SSSR count). The van der Waals surface area contributed by atoms with Crippen molar-refractivity contribution in [3.8, 4) is 0 Å². The first-order chi connectivity index (χ1) is 6.68. The van der Waals surface area contributed by atoms with Crippen molar-refractivity contribution < 1.29 is 9.90 Å². The van der Waals surface area contributed by atoms with Crippen molar-refractivity contribution in [1.82, 2.24) is 5.32 Å². The molecule has 0 saturated carbocycles. The monoisotopic (exact) mass is 219 g/mol. The molecule has 0 aromatic rings. The van der Waals surface area contributed by atoms with Crippen LogP contribution in [0.5, 0.6) is 0 Å². The average Bonchev–Trinajstić information content (AvgIpc) is 2.16. The van der Waals surface area contributed by atoms with Gasteiger partial charge in [-0.1, -0.05) is 6.92 Å². The summed E-state index contributed by atoms with van der Waals surface area (Å²) in [5.41, 5.74) is 5.31. The van der Waals surface area contributed by atoms with Crippen LogP contribution in [0, 0.1) is 0 Å². The molecule has 0 bridgehead atoms. The van der Waals surface area contributed by atoms with Crippen LogP contribution in [0.3, 0.4) is 0 Å². The molecule has 0 aromatic heterocycles. The van der Waals surface area contributed by atoms with E-state index in [0.29, 0.717) is 13.0 Å². The van der Waals surface area contributed by atoms with Crippen LogP contribution in [-0.2, 0) is 4.79 Å². The predicted molar refractivity (Wildman–Crippen MR) is 59.5 cm³/mol. The molecular formula is C8H17N3O2S. The SMILES string of the molecule is CCSN=CNCCC[C@H](N)C(=O)O. The Balaban J connectivity index is 3.25. The number of rotatable bonds is 8. The minimum Gasteiger partial charge on any atom is -0.480 e. The first-order valence-corrected chi connectivity index (χ1v) is 5.48. The number of hydrogen-bond donors (Lipinski definition) is 3. The van der Waals surface area contributed by atoms with Crippen LogP contribution >= 0.6 is 11.9 Å². The van der Waals surface area contributed by atoms with Crippen molar-refractivity contribution >= 4 is 24.3 Å². The first-order valence-electron chi connectivity index (χ1n) is 4.54. The quantitative estimate of drug-likeness (QED) is 0.239. The zero-order chi connectivity index (χ0) is 10.8. The summed E-state index contributed by atoms with van der Waals surface area (Å²) in [4.78, 5) is 10.3. The van der Waals surface area contributed by atoms with Gasteiger partial charge in [0.2, 0.25) is 0 Å². The van der Waals surface area contributed by atoms with Gasteiger partial charge in [0.25, 0.3) is 0 Å². The fourth-order valence-electron chi connectivity index (χ4n) is 0.761. The molecule has 0 aliphatic rings. The highest BCUT2D eigenvalue weighted by Crippen LogP contribution is 1.96. The second kappa shape index (κ2) is 8.83. The molecule has 0 heterocycles. The molecule has 14 heavy (non-hydrogen) atoms. The molecule has 0 fully saturated rings. The third kappa shape index (κ3) is 7.88. The molecule has 0 spiro atoms. The molecule has 82 valence electrons. The zero-order valence-corrected chi connectivity index (χ0v) is 9.09. The number of carbonyl (C=O) groups is 1. The molecule has 5 nitrogen and oxygen atoms in total. The lowest BCUT2D eigenvalue weighted by Crippen LogP contribution is -2.30. The van der Waals surface area contributed by atoms with Crippen molar-refractivity contribution in [2.45, 2.75) is 25.8 Å². The number of carboxylic acid groups (broad SMARTS) is 1. The third-order valence-electron chi connectivity index (χ3n) is 1.50. The maximum atomic E-state index is 10.3. The van der Waals surface area contributed by atoms with Gasteiger partial charge in [0.15, 0.2) is 0 Å². The van der Waals surface area contributed by atoms with E-state index in [1.54, 1.807) is 6.34 Å². The summed E-state index contributed by atoms with van der Waals surface area (Å²) in [5, 5.41) is 11.4. The van der Waals surface area contributed by atoms with Crippen LogP contribution in [0.15, 0.2) is 4.40 Å². The van der Waals surface area contributed by atoms with Crippen LogP contribution < -0.4 is 11.1 Å². The van der Waals surface area contributed by atoms with Crippen LogP contribution in [-0.4, -0.2) is 35.8 Å². The zero-order valence-electron chi connectivity index (χ0n) is 8.27. The van der Waals surface area contributed by atoms with Gasteiger partial charge in [0.1, 0.15) is 6.04 Å². The van der Waals surface area contributed by atoms with Crippen molar-refractivity contribution in [2.75, 3.05) is 12.3 Å². The van der Waals surface area contributed by atoms with E-state index in [9.17, 15) is 4.79 Å². The molecule has 0 amide bonds. The van der Waals surface area contributed by atoms with Crippen LogP contribution in [0.25, 0.3) is 0 Å². The lowest BCUT2D eigenvalue weighted by Gasteiger charge is -2.04. The second-order valence-corrected chi connectivity index (χ2v) is 3.74. The third-order valence-corrected chi connectivity index (χ3v) is 2.01. The van der Waals surface area contributed by atoms with Crippen molar-refractivity contribution in [2.24, 2.45) is 10.1 Å². The Hall–Kier alpha value is -0.750. The van der Waals surface area contributed by atoms with E-state index in [4.69, 9.17) is 10.8 Å². The second-order valence-electron chi connectivity index (χ2n) is 2.69. The molecule has 0 aliphatic carbocycles. The largest absolute Gasteiger partial charge is 0.480 e. The summed E-state index contributed by atoms with van der Waals surface area (Å²) in [6, 6.07) is -0.751. The summed E-state index contributed by atoms with van der Waals surface area (Å²) in [7, 11) is 0. The normalized spacial score (nSPS) is 13.0. The number of aliphatic carboxylic acids is 1. The Bertz CT molecular complexity index is 187. The van der Waals surface area contributed by atoms with Crippen LogP contribution in [0.4, 0.5) is 0 Å². The summed E-state index contributed by atoms with van der Waals surface area (Å²) >= 11 is 1.47. The Morgan fingerprint density at radius 1 is 1.79 bits per heavy atom.